The first-order chi connectivity index (χ1) is 12.2. The molecule has 0 unspecified atom stereocenters. The number of hydrogen-bond donors (Lipinski definition) is 0. The Hall–Kier alpha value is -3.27. The van der Waals surface area contributed by atoms with Gasteiger partial charge < -0.3 is 9.47 Å². The third-order valence-corrected chi connectivity index (χ3v) is 3.87. The van der Waals surface area contributed by atoms with Crippen LogP contribution in [0.3, 0.4) is 0 Å². The molecule has 0 atom stereocenters. The van der Waals surface area contributed by atoms with Gasteiger partial charge in [0, 0.05) is 17.3 Å². The van der Waals surface area contributed by atoms with Crippen molar-refractivity contribution in [1.82, 2.24) is 0 Å². The lowest BCUT2D eigenvalue weighted by Gasteiger charge is -2.23. The number of rotatable bonds is 5. The summed E-state index contributed by atoms with van der Waals surface area (Å²) in [7, 11) is 3.21. The Bertz CT molecular complexity index is 845. The first-order valence-corrected chi connectivity index (χ1v) is 7.90. The van der Waals surface area contributed by atoms with E-state index in [2.05, 4.69) is 0 Å². The number of anilines is 2. The number of hydrogen-bond acceptors (Lipinski definition) is 3. The Labute approximate surface area is 147 Å². The van der Waals surface area contributed by atoms with E-state index in [0.29, 0.717) is 17.1 Å². The van der Waals surface area contributed by atoms with Crippen molar-refractivity contribution in [3.8, 4) is 11.5 Å². The molecular formula is C21H19NO3. The quantitative estimate of drug-likeness (QED) is 0.680. The van der Waals surface area contributed by atoms with Gasteiger partial charge in [-0.1, -0.05) is 24.3 Å². The van der Waals surface area contributed by atoms with E-state index in [4.69, 9.17) is 9.47 Å². The van der Waals surface area contributed by atoms with Gasteiger partial charge in [0.25, 0.3) is 5.91 Å². The molecule has 3 aromatic rings. The SMILES string of the molecule is COc1ccc(C(=O)N(c2ccccc2)c2cccc(OC)c2)cc1. The highest BCUT2D eigenvalue weighted by atomic mass is 16.5. The molecule has 4 nitrogen and oxygen atoms in total. The highest BCUT2D eigenvalue weighted by molar-refractivity contribution is 6.11. The standard InChI is InChI=1S/C21H19NO3/c1-24-19-13-11-16(12-14-19)21(23)22(17-7-4-3-5-8-17)18-9-6-10-20(15-18)25-2/h3-15H,1-2H3. The topological polar surface area (TPSA) is 38.8 Å². The van der Waals surface area contributed by atoms with E-state index in [1.165, 1.54) is 0 Å². The Morgan fingerprint density at radius 1 is 0.720 bits per heavy atom. The van der Waals surface area contributed by atoms with Crippen molar-refractivity contribution in [2.75, 3.05) is 19.1 Å². The maximum absolute atomic E-state index is 13.2. The summed E-state index contributed by atoms with van der Waals surface area (Å²) in [6.45, 7) is 0. The molecule has 126 valence electrons. The summed E-state index contributed by atoms with van der Waals surface area (Å²) in [4.78, 5) is 14.9. The van der Waals surface area contributed by atoms with Crippen LogP contribution in [0.4, 0.5) is 11.4 Å². The van der Waals surface area contributed by atoms with Crippen molar-refractivity contribution in [2.24, 2.45) is 0 Å². The van der Waals surface area contributed by atoms with Crippen LogP contribution in [0.25, 0.3) is 0 Å². The van der Waals surface area contributed by atoms with Crippen molar-refractivity contribution >= 4 is 17.3 Å². The van der Waals surface area contributed by atoms with Gasteiger partial charge in [0.15, 0.2) is 0 Å². The van der Waals surface area contributed by atoms with E-state index in [-0.39, 0.29) is 5.91 Å². The van der Waals surface area contributed by atoms with Gasteiger partial charge in [-0.3, -0.25) is 9.69 Å². The maximum Gasteiger partial charge on any atom is 0.262 e. The molecule has 0 saturated carbocycles. The summed E-state index contributed by atoms with van der Waals surface area (Å²) in [5.41, 5.74) is 2.11. The molecule has 0 aliphatic rings. The summed E-state index contributed by atoms with van der Waals surface area (Å²) in [6, 6.07) is 24.1. The first kappa shape index (κ1) is 16.6. The van der Waals surface area contributed by atoms with E-state index in [1.807, 2.05) is 54.6 Å². The lowest BCUT2D eigenvalue weighted by molar-refractivity contribution is 0.0999. The second-order valence-corrected chi connectivity index (χ2v) is 5.41. The molecule has 0 aliphatic heterocycles. The minimum atomic E-state index is -0.123. The van der Waals surface area contributed by atoms with Gasteiger partial charge >= 0.3 is 0 Å². The predicted octanol–water partition coefficient (Wildman–Crippen LogP) is 4.68. The molecule has 0 saturated heterocycles. The molecule has 0 aromatic heterocycles. The Kier molecular flexibility index (Phi) is 5.00. The van der Waals surface area contributed by atoms with Crippen molar-refractivity contribution in [1.29, 1.82) is 0 Å². The second kappa shape index (κ2) is 7.53. The molecule has 0 bridgehead atoms. The molecule has 25 heavy (non-hydrogen) atoms. The van der Waals surface area contributed by atoms with Gasteiger partial charge in [0.05, 0.1) is 19.9 Å². The highest BCUT2D eigenvalue weighted by Crippen LogP contribution is 2.30. The number of nitrogens with zero attached hydrogens (tertiary/aromatic N) is 1. The molecule has 0 heterocycles. The zero-order valence-corrected chi connectivity index (χ0v) is 14.2. The van der Waals surface area contributed by atoms with E-state index in [9.17, 15) is 4.79 Å². The minimum absolute atomic E-state index is 0.123. The number of carbonyl (C=O) groups excluding carboxylic acids is 1. The Balaban J connectivity index is 2.05. The third kappa shape index (κ3) is 3.63. The summed E-state index contributed by atoms with van der Waals surface area (Å²) in [5, 5.41) is 0. The summed E-state index contributed by atoms with van der Waals surface area (Å²) >= 11 is 0. The van der Waals surface area contributed by atoms with Crippen LogP contribution in [-0.4, -0.2) is 20.1 Å². The number of ether oxygens (including phenoxy) is 2. The van der Waals surface area contributed by atoms with Gasteiger partial charge in [-0.05, 0) is 48.5 Å². The summed E-state index contributed by atoms with van der Waals surface area (Å²) in [5.74, 6) is 1.28. The Morgan fingerprint density at radius 2 is 1.36 bits per heavy atom. The molecule has 0 aliphatic carbocycles. The maximum atomic E-state index is 13.2. The van der Waals surface area contributed by atoms with Crippen LogP contribution in [0, 0.1) is 0 Å². The number of carbonyl (C=O) groups is 1. The smallest absolute Gasteiger partial charge is 0.262 e. The largest absolute Gasteiger partial charge is 0.497 e. The molecular weight excluding hydrogens is 314 g/mol. The van der Waals surface area contributed by atoms with Gasteiger partial charge in [0.1, 0.15) is 11.5 Å². The summed E-state index contributed by atoms with van der Waals surface area (Å²) in [6.07, 6.45) is 0. The zero-order valence-electron chi connectivity index (χ0n) is 14.2. The average molecular weight is 333 g/mol. The fourth-order valence-electron chi connectivity index (χ4n) is 2.57. The molecule has 1 amide bonds. The number of benzene rings is 3. The fourth-order valence-corrected chi connectivity index (χ4v) is 2.57. The van der Waals surface area contributed by atoms with E-state index < -0.39 is 0 Å². The minimum Gasteiger partial charge on any atom is -0.497 e. The van der Waals surface area contributed by atoms with E-state index in [0.717, 1.165) is 11.4 Å². The lowest BCUT2D eigenvalue weighted by Crippen LogP contribution is -2.25. The van der Waals surface area contributed by atoms with E-state index in [1.54, 1.807) is 43.4 Å². The van der Waals surface area contributed by atoms with Crippen LogP contribution in [-0.2, 0) is 0 Å². The van der Waals surface area contributed by atoms with E-state index >= 15 is 0 Å². The Morgan fingerprint density at radius 3 is 2.00 bits per heavy atom. The normalized spacial score (nSPS) is 10.2. The van der Waals surface area contributed by atoms with Gasteiger partial charge in [-0.2, -0.15) is 0 Å². The second-order valence-electron chi connectivity index (χ2n) is 5.41. The van der Waals surface area contributed by atoms with Gasteiger partial charge in [-0.15, -0.1) is 0 Å². The molecule has 0 N–H and O–H groups in total. The van der Waals surface area contributed by atoms with Crippen LogP contribution in [0.5, 0.6) is 11.5 Å². The molecule has 0 fully saturated rings. The molecule has 3 rings (SSSR count). The molecule has 4 heteroatoms. The van der Waals surface area contributed by atoms with Crippen LogP contribution in [0.15, 0.2) is 78.9 Å². The molecule has 0 spiro atoms. The number of methoxy groups -OCH3 is 2. The number of para-hydroxylation sites is 1. The van der Waals surface area contributed by atoms with Crippen LogP contribution in [0.2, 0.25) is 0 Å². The zero-order chi connectivity index (χ0) is 17.6. The monoisotopic (exact) mass is 333 g/mol. The van der Waals surface area contributed by atoms with Crippen molar-refractivity contribution in [2.45, 2.75) is 0 Å². The third-order valence-electron chi connectivity index (χ3n) is 3.87. The summed E-state index contributed by atoms with van der Waals surface area (Å²) < 4.78 is 10.5. The predicted molar refractivity (Wildman–Crippen MR) is 98.9 cm³/mol. The van der Waals surface area contributed by atoms with Gasteiger partial charge in [0.2, 0.25) is 0 Å². The number of amides is 1. The fraction of sp³-hybridized carbons (Fsp3) is 0.0952. The first-order valence-electron chi connectivity index (χ1n) is 7.90. The van der Waals surface area contributed by atoms with Crippen LogP contribution < -0.4 is 14.4 Å². The molecule has 0 radical (unpaired) electrons. The lowest BCUT2D eigenvalue weighted by atomic mass is 10.1. The van der Waals surface area contributed by atoms with Crippen molar-refractivity contribution in [3.63, 3.8) is 0 Å². The van der Waals surface area contributed by atoms with Crippen LogP contribution in [0.1, 0.15) is 10.4 Å². The van der Waals surface area contributed by atoms with Crippen molar-refractivity contribution in [3.05, 3.63) is 84.4 Å². The molecule has 3 aromatic carbocycles. The van der Waals surface area contributed by atoms with Crippen LogP contribution >= 0.6 is 0 Å². The van der Waals surface area contributed by atoms with Crippen molar-refractivity contribution < 1.29 is 14.3 Å². The average Bonchev–Trinajstić information content (AvgIpc) is 2.69. The highest BCUT2D eigenvalue weighted by Gasteiger charge is 2.20. The van der Waals surface area contributed by atoms with Gasteiger partial charge in [-0.25, -0.2) is 0 Å².